The summed E-state index contributed by atoms with van der Waals surface area (Å²) in [5.74, 6) is 1.75. The molecule has 0 aliphatic carbocycles. The molecule has 0 bridgehead atoms. The maximum Gasteiger partial charge on any atom is 0.135 e. The fourth-order valence-electron chi connectivity index (χ4n) is 4.56. The maximum atomic E-state index is 13.7. The van der Waals surface area contributed by atoms with Crippen LogP contribution in [0.25, 0.3) is 11.3 Å². The normalized spacial score (nSPS) is 18.7. The van der Waals surface area contributed by atoms with E-state index in [1.54, 1.807) is 18.5 Å². The van der Waals surface area contributed by atoms with E-state index in [1.165, 1.54) is 17.7 Å². The summed E-state index contributed by atoms with van der Waals surface area (Å²) in [6.07, 6.45) is 4.53. The summed E-state index contributed by atoms with van der Waals surface area (Å²) in [5, 5.41) is 3.26. The van der Waals surface area contributed by atoms with Crippen molar-refractivity contribution in [3.05, 3.63) is 102 Å². The standard InChI is InChI=1S/C27H26FN5/c1-33-17-21(19-7-3-2-4-8-19)13-22(18-33)27-31-25(20-9-6-12-29-16-20)15-26(32-27)30-24-11-5-10-23(28)14-24/h2-12,14-16,21-22H,13,17-18H2,1H3,(H,30,31,32). The van der Waals surface area contributed by atoms with Crippen LogP contribution >= 0.6 is 0 Å². The highest BCUT2D eigenvalue weighted by Gasteiger charge is 2.29. The molecule has 166 valence electrons. The van der Waals surface area contributed by atoms with Crippen LogP contribution in [-0.4, -0.2) is 40.0 Å². The van der Waals surface area contributed by atoms with Gasteiger partial charge in [-0.25, -0.2) is 14.4 Å². The first kappa shape index (κ1) is 21.2. The molecule has 5 nitrogen and oxygen atoms in total. The summed E-state index contributed by atoms with van der Waals surface area (Å²) in [6.45, 7) is 1.90. The van der Waals surface area contributed by atoms with E-state index < -0.39 is 0 Å². The zero-order valence-corrected chi connectivity index (χ0v) is 18.5. The number of hydrogen-bond acceptors (Lipinski definition) is 5. The molecule has 2 aromatic carbocycles. The van der Waals surface area contributed by atoms with Crippen molar-refractivity contribution in [2.45, 2.75) is 18.3 Å². The lowest BCUT2D eigenvalue weighted by atomic mass is 9.84. The molecule has 2 unspecified atom stereocenters. The Bertz CT molecular complexity index is 1220. The molecule has 33 heavy (non-hydrogen) atoms. The molecule has 0 spiro atoms. The monoisotopic (exact) mass is 439 g/mol. The van der Waals surface area contributed by atoms with Crippen molar-refractivity contribution >= 4 is 11.5 Å². The summed E-state index contributed by atoms with van der Waals surface area (Å²) in [5.41, 5.74) is 3.72. The zero-order chi connectivity index (χ0) is 22.6. The van der Waals surface area contributed by atoms with Crippen LogP contribution in [0.1, 0.15) is 29.6 Å². The van der Waals surface area contributed by atoms with Crippen LogP contribution in [0.15, 0.2) is 85.2 Å². The molecule has 0 amide bonds. The largest absolute Gasteiger partial charge is 0.340 e. The number of pyridine rings is 1. The third-order valence-electron chi connectivity index (χ3n) is 6.07. The summed E-state index contributed by atoms with van der Waals surface area (Å²) in [6, 6.07) is 22.8. The number of piperidine rings is 1. The second-order valence-electron chi connectivity index (χ2n) is 8.64. The first-order valence-corrected chi connectivity index (χ1v) is 11.2. The van der Waals surface area contributed by atoms with E-state index >= 15 is 0 Å². The average molecular weight is 440 g/mol. The molecule has 2 aromatic heterocycles. The Balaban J connectivity index is 1.51. The molecule has 2 atom stereocenters. The summed E-state index contributed by atoms with van der Waals surface area (Å²) >= 11 is 0. The number of likely N-dealkylation sites (tertiary alicyclic amines) is 1. The predicted molar refractivity (Wildman–Crippen MR) is 129 cm³/mol. The first-order chi connectivity index (χ1) is 16.1. The lowest BCUT2D eigenvalue weighted by molar-refractivity contribution is 0.221. The van der Waals surface area contributed by atoms with Crippen molar-refractivity contribution in [1.29, 1.82) is 0 Å². The number of likely N-dealkylation sites (N-methyl/N-ethyl adjacent to an activating group) is 1. The van der Waals surface area contributed by atoms with Gasteiger partial charge in [0, 0.05) is 48.7 Å². The Labute approximate surface area is 193 Å². The van der Waals surface area contributed by atoms with Gasteiger partial charge in [-0.1, -0.05) is 36.4 Å². The smallest absolute Gasteiger partial charge is 0.135 e. The van der Waals surface area contributed by atoms with Gasteiger partial charge in [0.2, 0.25) is 0 Å². The van der Waals surface area contributed by atoms with Crippen molar-refractivity contribution in [2.75, 3.05) is 25.5 Å². The van der Waals surface area contributed by atoms with E-state index in [1.807, 2.05) is 24.3 Å². The summed E-state index contributed by atoms with van der Waals surface area (Å²) in [4.78, 5) is 16.4. The molecule has 1 aliphatic rings. The van der Waals surface area contributed by atoms with E-state index in [4.69, 9.17) is 9.97 Å². The quantitative estimate of drug-likeness (QED) is 0.437. The molecule has 6 heteroatoms. The highest BCUT2D eigenvalue weighted by molar-refractivity contribution is 5.65. The number of anilines is 2. The topological polar surface area (TPSA) is 53.9 Å². The van der Waals surface area contributed by atoms with Gasteiger partial charge < -0.3 is 10.2 Å². The van der Waals surface area contributed by atoms with Crippen molar-refractivity contribution in [3.63, 3.8) is 0 Å². The molecular formula is C27H26FN5. The van der Waals surface area contributed by atoms with Crippen LogP contribution in [0.5, 0.6) is 0 Å². The minimum Gasteiger partial charge on any atom is -0.340 e. The predicted octanol–water partition coefficient (Wildman–Crippen LogP) is 5.62. The number of benzene rings is 2. The van der Waals surface area contributed by atoms with E-state index in [2.05, 4.69) is 52.6 Å². The molecule has 1 fully saturated rings. The molecule has 4 aromatic rings. The average Bonchev–Trinajstić information content (AvgIpc) is 2.84. The number of aromatic nitrogens is 3. The van der Waals surface area contributed by atoms with Gasteiger partial charge in [0.15, 0.2) is 0 Å². The number of hydrogen-bond donors (Lipinski definition) is 1. The summed E-state index contributed by atoms with van der Waals surface area (Å²) in [7, 11) is 2.15. The van der Waals surface area contributed by atoms with Gasteiger partial charge in [0.05, 0.1) is 5.69 Å². The summed E-state index contributed by atoms with van der Waals surface area (Å²) < 4.78 is 13.7. The fourth-order valence-corrected chi connectivity index (χ4v) is 4.56. The van der Waals surface area contributed by atoms with Gasteiger partial charge in [-0.05, 0) is 55.3 Å². The highest BCUT2D eigenvalue weighted by atomic mass is 19.1. The molecule has 1 aliphatic heterocycles. The highest BCUT2D eigenvalue weighted by Crippen LogP contribution is 2.35. The third kappa shape index (κ3) is 5.07. The van der Waals surface area contributed by atoms with Gasteiger partial charge in [-0.15, -0.1) is 0 Å². The Hall–Kier alpha value is -3.64. The van der Waals surface area contributed by atoms with Gasteiger partial charge in [0.25, 0.3) is 0 Å². The number of nitrogens with one attached hydrogen (secondary N) is 1. The molecule has 1 N–H and O–H groups in total. The third-order valence-corrected chi connectivity index (χ3v) is 6.07. The van der Waals surface area contributed by atoms with Gasteiger partial charge in [0.1, 0.15) is 17.5 Å². The molecule has 0 saturated carbocycles. The van der Waals surface area contributed by atoms with Crippen molar-refractivity contribution < 1.29 is 4.39 Å². The Morgan fingerprint density at radius 1 is 0.909 bits per heavy atom. The number of rotatable bonds is 5. The molecule has 3 heterocycles. The lowest BCUT2D eigenvalue weighted by Crippen LogP contribution is -2.36. The van der Waals surface area contributed by atoms with Gasteiger partial charge in [-0.2, -0.15) is 0 Å². The Morgan fingerprint density at radius 2 is 1.76 bits per heavy atom. The van der Waals surface area contributed by atoms with Crippen LogP contribution < -0.4 is 5.32 Å². The van der Waals surface area contributed by atoms with Crippen LogP contribution in [0, 0.1) is 5.82 Å². The van der Waals surface area contributed by atoms with Crippen LogP contribution in [0.3, 0.4) is 0 Å². The SMILES string of the molecule is CN1CC(c2ccccc2)CC(c2nc(Nc3cccc(F)c3)cc(-c3cccnc3)n2)C1. The van der Waals surface area contributed by atoms with Crippen LogP contribution in [-0.2, 0) is 0 Å². The van der Waals surface area contributed by atoms with Crippen molar-refractivity contribution in [1.82, 2.24) is 19.9 Å². The van der Waals surface area contributed by atoms with Crippen molar-refractivity contribution in [3.8, 4) is 11.3 Å². The van der Waals surface area contributed by atoms with Crippen molar-refractivity contribution in [2.24, 2.45) is 0 Å². The first-order valence-electron chi connectivity index (χ1n) is 11.2. The van der Waals surface area contributed by atoms with E-state index in [0.29, 0.717) is 17.4 Å². The molecule has 5 rings (SSSR count). The second kappa shape index (κ2) is 9.46. The molecular weight excluding hydrogens is 413 g/mol. The second-order valence-corrected chi connectivity index (χ2v) is 8.64. The minimum atomic E-state index is -0.290. The number of nitrogens with zero attached hydrogens (tertiary/aromatic N) is 4. The minimum absolute atomic E-state index is 0.179. The Morgan fingerprint density at radius 3 is 2.55 bits per heavy atom. The number of halogens is 1. The molecule has 1 saturated heterocycles. The maximum absolute atomic E-state index is 13.7. The Kier molecular flexibility index (Phi) is 6.09. The lowest BCUT2D eigenvalue weighted by Gasteiger charge is -2.35. The van der Waals surface area contributed by atoms with Crippen LogP contribution in [0.2, 0.25) is 0 Å². The van der Waals surface area contributed by atoms with E-state index in [9.17, 15) is 4.39 Å². The van der Waals surface area contributed by atoms with Gasteiger partial charge >= 0.3 is 0 Å². The zero-order valence-electron chi connectivity index (χ0n) is 18.5. The van der Waals surface area contributed by atoms with E-state index in [-0.39, 0.29) is 11.7 Å². The fraction of sp³-hybridized carbons (Fsp3) is 0.222. The van der Waals surface area contributed by atoms with E-state index in [0.717, 1.165) is 36.6 Å². The molecule has 0 radical (unpaired) electrons. The van der Waals surface area contributed by atoms with Gasteiger partial charge in [-0.3, -0.25) is 4.98 Å². The van der Waals surface area contributed by atoms with Crippen LogP contribution in [0.4, 0.5) is 15.9 Å².